The average molecular weight is 364 g/mol. The van der Waals surface area contributed by atoms with Crippen LogP contribution in [0, 0.1) is 32.1 Å². The van der Waals surface area contributed by atoms with E-state index in [4.69, 9.17) is 4.57 Å². The number of ketones is 1. The van der Waals surface area contributed by atoms with Crippen molar-refractivity contribution in [3.8, 4) is 0 Å². The van der Waals surface area contributed by atoms with Gasteiger partial charge in [0.15, 0.2) is 5.78 Å². The van der Waals surface area contributed by atoms with E-state index in [9.17, 15) is 14.7 Å². The molecule has 0 heterocycles. The average Bonchev–Trinajstić information content (AvgIpc) is 2.56. The molecular weight excluding hydrogens is 335 g/mol. The Kier molecular flexibility index (Phi) is 7.95. The molecule has 1 aliphatic carbocycles. The normalized spacial score (nSPS) is 17.1. The number of benzene rings is 1. The van der Waals surface area contributed by atoms with Gasteiger partial charge in [-0.3, -0.25) is 14.2 Å². The molecule has 2 rings (SSSR count). The summed E-state index contributed by atoms with van der Waals surface area (Å²) in [4.78, 5) is 25.4. The lowest BCUT2D eigenvalue weighted by Crippen LogP contribution is -2.44. The van der Waals surface area contributed by atoms with Crippen molar-refractivity contribution in [2.24, 2.45) is 11.3 Å². The molecule has 4 nitrogen and oxygen atoms in total. The predicted molar refractivity (Wildman–Crippen MR) is 101 cm³/mol. The molecule has 0 bridgehead atoms. The smallest absolute Gasteiger partial charge is 0.307 e. The molecule has 1 N–H and O–H groups in total. The van der Waals surface area contributed by atoms with E-state index in [2.05, 4.69) is 0 Å². The molecule has 1 unspecified atom stereocenters. The lowest BCUT2D eigenvalue weighted by molar-refractivity contribution is -0.146. The number of rotatable bonds is 5. The summed E-state index contributed by atoms with van der Waals surface area (Å²) in [6.07, 6.45) is 4.88. The van der Waals surface area contributed by atoms with Crippen LogP contribution in [0.4, 0.5) is 0 Å². The van der Waals surface area contributed by atoms with E-state index in [0.717, 1.165) is 41.5 Å². The molecule has 1 fully saturated rings. The van der Waals surface area contributed by atoms with E-state index < -0.39 is 17.3 Å². The first-order chi connectivity index (χ1) is 11.8. The molecule has 1 aliphatic rings. The lowest BCUT2D eigenvalue weighted by Gasteiger charge is -2.40. The van der Waals surface area contributed by atoms with Gasteiger partial charge in [0, 0.05) is 11.0 Å². The van der Waals surface area contributed by atoms with Crippen LogP contribution in [0.15, 0.2) is 12.1 Å². The fraction of sp³-hybridized carbons (Fsp3) is 0.600. The van der Waals surface area contributed by atoms with Crippen LogP contribution in [0.25, 0.3) is 0 Å². The SMILES string of the molecule is CCC(C(=O)O)C1(C(=O)c2c(C)cc(C)cc2C)CCCCC1.O=P. The van der Waals surface area contributed by atoms with Gasteiger partial charge in [-0.05, 0) is 51.2 Å². The van der Waals surface area contributed by atoms with Gasteiger partial charge < -0.3 is 5.11 Å². The number of carboxylic acid groups (broad SMARTS) is 1. The number of aliphatic carboxylic acids is 1. The Balaban J connectivity index is 0.00000151. The molecule has 1 aromatic carbocycles. The van der Waals surface area contributed by atoms with Crippen LogP contribution in [0.2, 0.25) is 0 Å². The molecule has 1 atom stereocenters. The van der Waals surface area contributed by atoms with Gasteiger partial charge in [0.2, 0.25) is 0 Å². The van der Waals surface area contributed by atoms with Crippen LogP contribution < -0.4 is 0 Å². The van der Waals surface area contributed by atoms with Gasteiger partial charge in [-0.2, -0.15) is 0 Å². The van der Waals surface area contributed by atoms with Crippen molar-refractivity contribution in [3.63, 3.8) is 0 Å². The zero-order valence-electron chi connectivity index (χ0n) is 15.6. The van der Waals surface area contributed by atoms with Crippen LogP contribution >= 0.6 is 9.12 Å². The molecule has 5 heteroatoms. The third-order valence-corrected chi connectivity index (χ3v) is 5.48. The number of hydrogen-bond acceptors (Lipinski definition) is 3. The Morgan fingerprint density at radius 2 is 1.56 bits per heavy atom. The van der Waals surface area contributed by atoms with Gasteiger partial charge in [0.05, 0.1) is 5.92 Å². The topological polar surface area (TPSA) is 71.4 Å². The minimum Gasteiger partial charge on any atom is -0.481 e. The third kappa shape index (κ3) is 4.36. The fourth-order valence-electron chi connectivity index (χ4n) is 4.51. The van der Waals surface area contributed by atoms with E-state index >= 15 is 0 Å². The summed E-state index contributed by atoms with van der Waals surface area (Å²) in [5.74, 6) is -1.36. The highest BCUT2D eigenvalue weighted by molar-refractivity contribution is 7.00. The predicted octanol–water partition coefficient (Wildman–Crippen LogP) is 5.33. The maximum absolute atomic E-state index is 13.5. The maximum Gasteiger partial charge on any atom is 0.307 e. The molecule has 0 amide bonds. The van der Waals surface area contributed by atoms with Crippen molar-refractivity contribution in [1.82, 2.24) is 0 Å². The second kappa shape index (κ2) is 9.24. The number of carbonyl (C=O) groups is 2. The van der Waals surface area contributed by atoms with Crippen LogP contribution in [0.1, 0.15) is 72.5 Å². The van der Waals surface area contributed by atoms with Crippen molar-refractivity contribution >= 4 is 20.9 Å². The molecule has 0 spiro atoms. The first-order valence-electron chi connectivity index (χ1n) is 8.89. The standard InChI is InChI=1S/C20H28O3.HOP/c1-5-16(19(22)23)20(9-7-6-8-10-20)18(21)17-14(3)11-13(2)12-15(17)4;1-2/h11-12,16H,5-10H2,1-4H3,(H,22,23);2H. The summed E-state index contributed by atoms with van der Waals surface area (Å²) in [7, 11) is 1.72. The maximum atomic E-state index is 13.5. The summed E-state index contributed by atoms with van der Waals surface area (Å²) < 4.78 is 8.06. The Hall–Kier alpha value is -1.54. The third-order valence-electron chi connectivity index (χ3n) is 5.48. The summed E-state index contributed by atoms with van der Waals surface area (Å²) in [5.41, 5.74) is 3.09. The number of hydrogen-bond donors (Lipinski definition) is 1. The Morgan fingerprint density at radius 3 is 1.96 bits per heavy atom. The van der Waals surface area contributed by atoms with Crippen molar-refractivity contribution in [1.29, 1.82) is 0 Å². The monoisotopic (exact) mass is 364 g/mol. The van der Waals surface area contributed by atoms with Crippen LogP contribution in [-0.2, 0) is 9.36 Å². The number of Topliss-reactive ketones (excluding diaryl/α,β-unsaturated/α-hetero) is 1. The zero-order valence-corrected chi connectivity index (χ0v) is 16.6. The number of aryl methyl sites for hydroxylation is 3. The van der Waals surface area contributed by atoms with Gasteiger partial charge in [-0.25, -0.2) is 0 Å². The van der Waals surface area contributed by atoms with E-state index in [1.165, 1.54) is 0 Å². The van der Waals surface area contributed by atoms with Crippen LogP contribution in [0.5, 0.6) is 0 Å². The highest BCUT2D eigenvalue weighted by Crippen LogP contribution is 2.47. The molecule has 0 aromatic heterocycles. The number of carbonyl (C=O) groups excluding carboxylic acids is 1. The van der Waals surface area contributed by atoms with E-state index in [0.29, 0.717) is 19.3 Å². The van der Waals surface area contributed by atoms with Crippen molar-refractivity contribution < 1.29 is 19.3 Å². The van der Waals surface area contributed by atoms with Gasteiger partial charge in [-0.15, -0.1) is 0 Å². The van der Waals surface area contributed by atoms with Gasteiger partial charge in [0.25, 0.3) is 0 Å². The molecule has 0 aliphatic heterocycles. The van der Waals surface area contributed by atoms with E-state index in [1.54, 1.807) is 9.12 Å². The summed E-state index contributed by atoms with van der Waals surface area (Å²) in [6, 6.07) is 4.05. The van der Waals surface area contributed by atoms with Crippen molar-refractivity contribution in [2.45, 2.75) is 66.2 Å². The fourth-order valence-corrected chi connectivity index (χ4v) is 4.51. The zero-order chi connectivity index (χ0) is 19.2. The quantitative estimate of drug-likeness (QED) is 0.566. The van der Waals surface area contributed by atoms with E-state index in [-0.39, 0.29) is 5.78 Å². The molecule has 0 radical (unpaired) electrons. The molecule has 0 saturated heterocycles. The summed E-state index contributed by atoms with van der Waals surface area (Å²) in [6.45, 7) is 7.84. The molecule has 1 aromatic rings. The van der Waals surface area contributed by atoms with Crippen molar-refractivity contribution in [2.75, 3.05) is 0 Å². The first kappa shape index (κ1) is 21.5. The summed E-state index contributed by atoms with van der Waals surface area (Å²) in [5, 5.41) is 9.72. The molecule has 138 valence electrons. The van der Waals surface area contributed by atoms with Gasteiger partial charge >= 0.3 is 5.97 Å². The first-order valence-corrected chi connectivity index (χ1v) is 9.30. The largest absolute Gasteiger partial charge is 0.481 e. The Morgan fingerprint density at radius 1 is 1.08 bits per heavy atom. The molecular formula is C20H29O4P. The Labute approximate surface area is 152 Å². The molecule has 25 heavy (non-hydrogen) atoms. The highest BCUT2D eigenvalue weighted by Gasteiger charge is 2.49. The second-order valence-corrected chi connectivity index (χ2v) is 7.12. The molecule has 1 saturated carbocycles. The second-order valence-electron chi connectivity index (χ2n) is 7.12. The minimum absolute atomic E-state index is 0.0569. The highest BCUT2D eigenvalue weighted by atomic mass is 31.0. The lowest BCUT2D eigenvalue weighted by atomic mass is 9.60. The van der Waals surface area contributed by atoms with Crippen LogP contribution in [0.3, 0.4) is 0 Å². The van der Waals surface area contributed by atoms with Gasteiger partial charge in [-0.1, -0.05) is 43.9 Å². The van der Waals surface area contributed by atoms with E-state index in [1.807, 2.05) is 39.8 Å². The number of carboxylic acids is 1. The Bertz CT molecular complexity index is 610. The van der Waals surface area contributed by atoms with Crippen LogP contribution in [-0.4, -0.2) is 16.9 Å². The van der Waals surface area contributed by atoms with Gasteiger partial charge in [0.1, 0.15) is 9.12 Å². The summed E-state index contributed by atoms with van der Waals surface area (Å²) >= 11 is 0. The minimum atomic E-state index is -0.829. The van der Waals surface area contributed by atoms with Crippen molar-refractivity contribution in [3.05, 3.63) is 34.4 Å².